The number of methoxy groups -OCH3 is 1. The smallest absolute Gasteiger partial charge is 0.233 e. The lowest BCUT2D eigenvalue weighted by atomic mass is 9.77. The van der Waals surface area contributed by atoms with Crippen LogP contribution in [0.3, 0.4) is 0 Å². The molecule has 0 spiro atoms. The minimum Gasteiger partial charge on any atom is -0.495 e. The summed E-state index contributed by atoms with van der Waals surface area (Å²) in [5.41, 5.74) is 1.99. The van der Waals surface area contributed by atoms with E-state index in [9.17, 15) is 4.79 Å². The van der Waals surface area contributed by atoms with Crippen LogP contribution in [-0.2, 0) is 10.2 Å². The largest absolute Gasteiger partial charge is 0.495 e. The first-order valence-electron chi connectivity index (χ1n) is 13.2. The molecule has 5 nitrogen and oxygen atoms in total. The molecular weight excluding hydrogens is 458 g/mol. The van der Waals surface area contributed by atoms with Crippen molar-refractivity contribution in [3.63, 3.8) is 0 Å². The number of benzene rings is 2. The first kappa shape index (κ1) is 24.5. The van der Waals surface area contributed by atoms with Gasteiger partial charge < -0.3 is 14.5 Å². The van der Waals surface area contributed by atoms with E-state index in [1.807, 2.05) is 24.3 Å². The van der Waals surface area contributed by atoms with Crippen molar-refractivity contribution in [2.75, 3.05) is 57.8 Å². The summed E-state index contributed by atoms with van der Waals surface area (Å²) in [5.74, 6) is 1.85. The van der Waals surface area contributed by atoms with Gasteiger partial charge in [0, 0.05) is 50.8 Å². The van der Waals surface area contributed by atoms with E-state index in [1.165, 1.54) is 12.1 Å². The number of hydrogen-bond donors (Lipinski definition) is 0. The summed E-state index contributed by atoms with van der Waals surface area (Å²) in [6.45, 7) is 6.99. The fraction of sp³-hybridized carbons (Fsp3) is 0.552. The van der Waals surface area contributed by atoms with E-state index in [4.69, 9.17) is 16.3 Å². The fourth-order valence-electron chi connectivity index (χ4n) is 6.50. The molecule has 0 bridgehead atoms. The highest BCUT2D eigenvalue weighted by Gasteiger charge is 2.45. The summed E-state index contributed by atoms with van der Waals surface area (Å²) < 4.78 is 5.57. The number of hydrogen-bond acceptors (Lipinski definition) is 4. The van der Waals surface area contributed by atoms with Crippen molar-refractivity contribution in [3.8, 4) is 5.75 Å². The molecule has 3 fully saturated rings. The van der Waals surface area contributed by atoms with Gasteiger partial charge in [-0.2, -0.15) is 0 Å². The Morgan fingerprint density at radius 2 is 1.69 bits per heavy atom. The molecule has 6 heteroatoms. The molecule has 2 aromatic rings. The lowest BCUT2D eigenvalue weighted by molar-refractivity contribution is -0.139. The molecule has 1 atom stereocenters. The van der Waals surface area contributed by atoms with E-state index in [0.717, 1.165) is 94.3 Å². The number of para-hydroxylation sites is 2. The molecule has 0 aromatic heterocycles. The Morgan fingerprint density at radius 1 is 0.971 bits per heavy atom. The predicted octanol–water partition coefficient (Wildman–Crippen LogP) is 5.22. The van der Waals surface area contributed by atoms with Crippen LogP contribution in [0.2, 0.25) is 5.02 Å². The number of amides is 1. The number of piperazine rings is 1. The highest BCUT2D eigenvalue weighted by molar-refractivity contribution is 6.30. The third-order valence-corrected chi connectivity index (χ3v) is 8.64. The van der Waals surface area contributed by atoms with Crippen molar-refractivity contribution in [1.29, 1.82) is 0 Å². The van der Waals surface area contributed by atoms with Crippen LogP contribution < -0.4 is 9.64 Å². The number of carbonyl (C=O) groups is 1. The Balaban J connectivity index is 1.20. The molecule has 1 saturated carbocycles. The fourth-order valence-corrected chi connectivity index (χ4v) is 6.63. The second kappa shape index (κ2) is 10.8. The van der Waals surface area contributed by atoms with Crippen LogP contribution >= 0.6 is 11.6 Å². The minimum atomic E-state index is -0.354. The van der Waals surface area contributed by atoms with Gasteiger partial charge in [0.05, 0.1) is 18.2 Å². The standard InChI is InChI=1S/C29H38ClN3O2/c1-35-27-9-3-2-8-26(27)32-19-17-31(18-20-32)21-23-7-6-16-33(22-23)28(34)29(14-4-5-15-29)24-10-12-25(30)13-11-24/h2-3,8-13,23H,4-7,14-22H2,1H3. The maximum absolute atomic E-state index is 14.0. The zero-order valence-electron chi connectivity index (χ0n) is 20.9. The Morgan fingerprint density at radius 3 is 2.40 bits per heavy atom. The van der Waals surface area contributed by atoms with Gasteiger partial charge in [-0.05, 0) is 61.4 Å². The average molecular weight is 496 g/mol. The molecule has 1 amide bonds. The van der Waals surface area contributed by atoms with Crippen molar-refractivity contribution in [1.82, 2.24) is 9.80 Å². The second-order valence-electron chi connectivity index (χ2n) is 10.5. The third-order valence-electron chi connectivity index (χ3n) is 8.38. The predicted molar refractivity (Wildman–Crippen MR) is 143 cm³/mol. The van der Waals surface area contributed by atoms with Crippen LogP contribution in [-0.4, -0.2) is 68.6 Å². The maximum Gasteiger partial charge on any atom is 0.233 e. The minimum absolute atomic E-state index is 0.350. The van der Waals surface area contributed by atoms with Gasteiger partial charge in [-0.3, -0.25) is 9.69 Å². The topological polar surface area (TPSA) is 36.0 Å². The van der Waals surface area contributed by atoms with Crippen LogP contribution in [0.15, 0.2) is 48.5 Å². The quantitative estimate of drug-likeness (QED) is 0.550. The Labute approximate surface area is 215 Å². The molecule has 0 radical (unpaired) electrons. The van der Waals surface area contributed by atoms with Crippen molar-refractivity contribution < 1.29 is 9.53 Å². The van der Waals surface area contributed by atoms with Crippen LogP contribution in [0, 0.1) is 5.92 Å². The van der Waals surface area contributed by atoms with Crippen LogP contribution in [0.1, 0.15) is 44.1 Å². The first-order valence-corrected chi connectivity index (χ1v) is 13.6. The molecule has 5 rings (SSSR count). The number of anilines is 1. The van der Waals surface area contributed by atoms with Crippen molar-refractivity contribution in [2.45, 2.75) is 43.9 Å². The summed E-state index contributed by atoms with van der Waals surface area (Å²) in [5, 5.41) is 0.734. The monoisotopic (exact) mass is 495 g/mol. The first-order chi connectivity index (χ1) is 17.1. The Kier molecular flexibility index (Phi) is 7.54. The van der Waals surface area contributed by atoms with Crippen molar-refractivity contribution in [3.05, 3.63) is 59.1 Å². The number of likely N-dealkylation sites (tertiary alicyclic amines) is 1. The molecule has 3 aliphatic rings. The van der Waals surface area contributed by atoms with E-state index < -0.39 is 0 Å². The maximum atomic E-state index is 14.0. The van der Waals surface area contributed by atoms with E-state index in [0.29, 0.717) is 11.8 Å². The number of nitrogens with zero attached hydrogens (tertiary/aromatic N) is 3. The number of carbonyl (C=O) groups excluding carboxylic acids is 1. The summed E-state index contributed by atoms with van der Waals surface area (Å²) in [7, 11) is 1.74. The molecule has 0 N–H and O–H groups in total. The van der Waals surface area contributed by atoms with Crippen LogP contribution in [0.25, 0.3) is 0 Å². The van der Waals surface area contributed by atoms with Gasteiger partial charge in [0.2, 0.25) is 5.91 Å². The highest BCUT2D eigenvalue weighted by atomic mass is 35.5. The summed E-state index contributed by atoms with van der Waals surface area (Å²) in [6, 6.07) is 16.3. The highest BCUT2D eigenvalue weighted by Crippen LogP contribution is 2.43. The Bertz CT molecular complexity index is 997. The summed E-state index contributed by atoms with van der Waals surface area (Å²) in [6.07, 6.45) is 6.49. The third kappa shape index (κ3) is 5.17. The molecule has 188 valence electrons. The van der Waals surface area contributed by atoms with Gasteiger partial charge in [-0.25, -0.2) is 0 Å². The van der Waals surface area contributed by atoms with Crippen molar-refractivity contribution >= 4 is 23.2 Å². The van der Waals surface area contributed by atoms with Gasteiger partial charge in [-0.15, -0.1) is 0 Å². The average Bonchev–Trinajstić information content (AvgIpc) is 3.40. The molecule has 1 unspecified atom stereocenters. The molecule has 2 aliphatic heterocycles. The van der Waals surface area contributed by atoms with Gasteiger partial charge in [0.1, 0.15) is 5.75 Å². The van der Waals surface area contributed by atoms with E-state index >= 15 is 0 Å². The van der Waals surface area contributed by atoms with Gasteiger partial charge >= 0.3 is 0 Å². The molecule has 1 aliphatic carbocycles. The van der Waals surface area contributed by atoms with E-state index in [2.05, 4.69) is 39.0 Å². The summed E-state index contributed by atoms with van der Waals surface area (Å²) >= 11 is 6.15. The van der Waals surface area contributed by atoms with E-state index in [1.54, 1.807) is 7.11 Å². The lowest BCUT2D eigenvalue weighted by Crippen LogP contribution is -2.52. The van der Waals surface area contributed by atoms with Gasteiger partial charge in [0.15, 0.2) is 0 Å². The lowest BCUT2D eigenvalue weighted by Gasteiger charge is -2.42. The molecule has 2 heterocycles. The SMILES string of the molecule is COc1ccccc1N1CCN(CC2CCCN(C(=O)C3(c4ccc(Cl)cc4)CCCC3)C2)CC1. The van der Waals surface area contributed by atoms with Crippen molar-refractivity contribution in [2.24, 2.45) is 5.92 Å². The number of halogens is 1. The van der Waals surface area contributed by atoms with Crippen LogP contribution in [0.5, 0.6) is 5.75 Å². The molecule has 35 heavy (non-hydrogen) atoms. The normalized spacial score (nSPS) is 22.9. The molecular formula is C29H38ClN3O2. The number of piperidine rings is 1. The summed E-state index contributed by atoms with van der Waals surface area (Å²) in [4.78, 5) is 21.2. The zero-order valence-corrected chi connectivity index (χ0v) is 21.7. The molecule has 2 aromatic carbocycles. The Hall–Kier alpha value is -2.24. The second-order valence-corrected chi connectivity index (χ2v) is 11.0. The number of ether oxygens (including phenoxy) is 1. The molecule has 2 saturated heterocycles. The zero-order chi connectivity index (χ0) is 24.3. The van der Waals surface area contributed by atoms with Crippen LogP contribution in [0.4, 0.5) is 5.69 Å². The van der Waals surface area contributed by atoms with E-state index in [-0.39, 0.29) is 5.41 Å². The van der Waals surface area contributed by atoms with Gasteiger partial charge in [-0.1, -0.05) is 48.7 Å². The number of rotatable bonds is 6. The van der Waals surface area contributed by atoms with Gasteiger partial charge in [0.25, 0.3) is 0 Å².